The first-order valence-corrected chi connectivity index (χ1v) is 54.6. The van der Waals surface area contributed by atoms with Gasteiger partial charge in [-0.05, 0) is 211 Å². The third-order valence-electron chi connectivity index (χ3n) is 25.4. The van der Waals surface area contributed by atoms with E-state index < -0.39 is 43.3 Å². The number of aliphatic hydroxyl groups excluding tert-OH is 1. The number of carbonyl (C=O) groups is 10. The molecule has 29 nitrogen and oxygen atoms in total. The van der Waals surface area contributed by atoms with Crippen molar-refractivity contribution in [3.8, 4) is 23.0 Å². The zero-order valence-corrected chi connectivity index (χ0v) is 99.3. The highest BCUT2D eigenvalue weighted by molar-refractivity contribution is 9.10. The summed E-state index contributed by atoms with van der Waals surface area (Å²) in [5, 5.41) is 8.44. The third kappa shape index (κ3) is 80.1. The number of rotatable bonds is 60. The number of aliphatic hydroxyl groups is 1. The smallest absolute Gasteiger partial charge is 0.373 e. The Morgan fingerprint density at radius 2 is 0.709 bits per heavy atom. The lowest BCUT2D eigenvalue weighted by molar-refractivity contribution is -0.192. The largest absolute Gasteiger partial charge is 0.497 e. The lowest BCUT2D eigenvalue weighted by Crippen LogP contribution is -2.33. The van der Waals surface area contributed by atoms with Gasteiger partial charge < -0.3 is 81.9 Å². The van der Waals surface area contributed by atoms with Gasteiger partial charge in [0.1, 0.15) is 80.2 Å². The van der Waals surface area contributed by atoms with Crippen LogP contribution in [0.1, 0.15) is 336 Å². The minimum atomic E-state index is -0.486. The lowest BCUT2D eigenvalue weighted by Gasteiger charge is -2.26. The molecular formula is C117H201Br2NO28. The molecule has 3 aromatic rings. The van der Waals surface area contributed by atoms with E-state index in [0.29, 0.717) is 88.8 Å². The number of hydrogen-bond donors (Lipinski definition) is 2. The van der Waals surface area contributed by atoms with Gasteiger partial charge in [-0.25, -0.2) is 9.59 Å². The molecule has 1 aliphatic heterocycles. The Morgan fingerprint density at radius 3 is 1.04 bits per heavy atom. The molecule has 0 saturated carbocycles. The normalized spacial score (nSPS) is 12.0. The fourth-order valence-corrected chi connectivity index (χ4v) is 10.9. The molecule has 4 rings (SSSR count). The molecule has 3 aromatic carbocycles. The van der Waals surface area contributed by atoms with Crippen LogP contribution in [0.2, 0.25) is 0 Å². The molecule has 0 spiro atoms. The van der Waals surface area contributed by atoms with E-state index >= 15 is 0 Å². The SMILES string of the molecule is C.C=CC(=O)OCCCCCCCCCCCC.C=CC(=O)OCCOC.C=CCOC(=O)C(C)(C)C(C)C.CBr.CC(C)C(C)(C)C(=O)OCC1CO1.CC(C)C(C)(C)C(=O)OCCO.CC(C)C(C)(C)C(=O)OCCOc1ccccc1.CC(C)C(C)(C)C(=O)Oc1ccc(N)cc1.CCCCCCCCCCCCOC(=O)C(Br)CC(CC)C(=O)OCCOC.COc1ccc(OC(=O)C(C)(C)C(C)C)cc1.O=C=O. The molecule has 148 heavy (non-hydrogen) atoms. The predicted molar refractivity (Wildman–Crippen MR) is 599 cm³/mol. The summed E-state index contributed by atoms with van der Waals surface area (Å²) >= 11 is 6.29. The first-order valence-electron chi connectivity index (χ1n) is 52.1. The van der Waals surface area contributed by atoms with Crippen LogP contribution in [0.25, 0.3) is 0 Å². The Hall–Kier alpha value is -8.84. The van der Waals surface area contributed by atoms with Crippen LogP contribution in [0.3, 0.4) is 0 Å². The molecule has 1 aliphatic rings. The Labute approximate surface area is 910 Å². The van der Waals surface area contributed by atoms with Crippen molar-refractivity contribution in [1.29, 1.82) is 0 Å². The number of benzene rings is 3. The summed E-state index contributed by atoms with van der Waals surface area (Å²) in [4.78, 5) is 131. The van der Waals surface area contributed by atoms with Crippen molar-refractivity contribution in [1.82, 2.24) is 0 Å². The standard InChI is InChI=1S/C22H41BrO5.C15H22O3.C15H28O2.C14H20O3.C13H19NO2.C10H18O3.C10H18O2.C9H18O3.C6H10O3.CH3Br.CO2.CH4/c1-4-6-7-8-9-10-11-12-13-14-15-27-22(25)20(23)18-19(5-2)21(24)28-17-16-26-3;1-12(2)15(3,4)14(16)18-11-10-17-13-8-6-5-7-9-13;1-3-5-6-7-8-9-10-11-12-13-14-17-15(16)4-2;1-10(2)14(3,4)13(15)17-12-8-6-11(16-5)7-9-12;1-9(2)13(3,4)12(15)16-11-7-5-10(14)6-8-11;1-7(2)10(3,4)9(11)13-6-8-5-12-8;1-6-7-12-9(11)10(4,5)8(2)3;1-7(2)9(3,4)8(11)12-6-5-10;1-3-6(7)9-5-4-8-2;1-2;2-1-3;/h19-20H,4-18H2,1-3H3;5-9,12H,10-11H2,1-4H3;4H,2-3,5-14H2,1H3;6-10H,1-5H3;5-9H,14H2,1-4H3;7-8H,5-6H2,1-4H3;6,8H,1,7H2,2-5H3;7,10H,5-6H2,1-4H3;3H,1,4-5H2,2H3;1H3;;1H4. The Bertz CT molecular complexity index is 3920. The second-order valence-electron chi connectivity index (χ2n) is 40.2. The summed E-state index contributed by atoms with van der Waals surface area (Å²) in [5.74, 6) is 3.22. The van der Waals surface area contributed by atoms with Crippen molar-refractivity contribution >= 4 is 103 Å². The van der Waals surface area contributed by atoms with Gasteiger partial charge in [-0.1, -0.05) is 303 Å². The summed E-state index contributed by atoms with van der Waals surface area (Å²) < 4.78 is 75.7. The van der Waals surface area contributed by atoms with Crippen molar-refractivity contribution < 1.29 is 134 Å². The highest BCUT2D eigenvalue weighted by atomic mass is 79.9. The maximum atomic E-state index is 12.1. The Kier molecular flexibility index (Phi) is 98.2. The quantitative estimate of drug-likeness (QED) is 0.00610. The number of para-hydroxylation sites is 1. The van der Waals surface area contributed by atoms with Crippen molar-refractivity contribution in [2.24, 2.45) is 73.9 Å². The second kappa shape index (κ2) is 94.1. The number of carbonyl (C=O) groups excluding carboxylic acids is 12. The van der Waals surface area contributed by atoms with Crippen molar-refractivity contribution in [3.05, 3.63) is 117 Å². The lowest BCUT2D eigenvalue weighted by atomic mass is 9.81. The van der Waals surface area contributed by atoms with Gasteiger partial charge in [0.2, 0.25) is 0 Å². The average molecular weight is 2230 g/mol. The van der Waals surface area contributed by atoms with Gasteiger partial charge in [0.05, 0.1) is 85.2 Å². The number of alkyl halides is 2. The van der Waals surface area contributed by atoms with Crippen LogP contribution in [0.4, 0.5) is 5.69 Å². The summed E-state index contributed by atoms with van der Waals surface area (Å²) in [6.07, 6.45) is 30.8. The molecule has 3 N–H and O–H groups in total. The molecule has 1 heterocycles. The van der Waals surface area contributed by atoms with Crippen LogP contribution in [0.5, 0.6) is 23.0 Å². The zero-order chi connectivity index (χ0) is 114. The molecule has 0 amide bonds. The molecule has 31 heteroatoms. The predicted octanol–water partition coefficient (Wildman–Crippen LogP) is 26.5. The van der Waals surface area contributed by atoms with Gasteiger partial charge in [0, 0.05) is 32.1 Å². The number of ether oxygens (including phenoxy) is 15. The van der Waals surface area contributed by atoms with Crippen molar-refractivity contribution in [2.75, 3.05) is 119 Å². The molecule has 3 atom stereocenters. The van der Waals surface area contributed by atoms with E-state index in [9.17, 15) is 47.9 Å². The Balaban J connectivity index is -0.000000250. The molecule has 856 valence electrons. The van der Waals surface area contributed by atoms with Crippen LogP contribution < -0.4 is 24.7 Å². The molecule has 0 bridgehead atoms. The Morgan fingerprint density at radius 1 is 0.405 bits per heavy atom. The average Bonchev–Trinajstić information content (AvgIpc) is 1.18. The summed E-state index contributed by atoms with van der Waals surface area (Å²) in [7, 11) is 4.70. The number of esters is 10. The van der Waals surface area contributed by atoms with E-state index in [0.717, 1.165) is 43.4 Å². The minimum Gasteiger partial charge on any atom is -0.497 e. The first kappa shape index (κ1) is 154. The van der Waals surface area contributed by atoms with E-state index in [-0.39, 0.29) is 135 Å². The van der Waals surface area contributed by atoms with Crippen LogP contribution in [0.15, 0.2) is 117 Å². The second-order valence-corrected chi connectivity index (χ2v) is 41.3. The first-order chi connectivity index (χ1) is 69.0. The number of unbranched alkanes of at least 4 members (excludes halogenated alkanes) is 18. The maximum absolute atomic E-state index is 12.1. The van der Waals surface area contributed by atoms with E-state index in [2.05, 4.69) is 74.9 Å². The molecule has 3 unspecified atom stereocenters. The number of methoxy groups -OCH3 is 3. The minimum absolute atomic E-state index is 0. The fourth-order valence-electron chi connectivity index (χ4n) is 10.3. The number of nitrogens with two attached hydrogens (primary N) is 1. The summed E-state index contributed by atoms with van der Waals surface area (Å²) in [5.41, 5.74) is 3.53. The number of nitrogen functional groups attached to an aromatic ring is 1. The molecular weight excluding hydrogens is 2030 g/mol. The number of epoxide rings is 1. The van der Waals surface area contributed by atoms with Crippen LogP contribution >= 0.6 is 31.9 Å². The monoisotopic (exact) mass is 2230 g/mol. The van der Waals surface area contributed by atoms with E-state index in [1.165, 1.54) is 115 Å². The number of hydrogen-bond acceptors (Lipinski definition) is 29. The van der Waals surface area contributed by atoms with Crippen LogP contribution in [0, 0.1) is 73.9 Å². The van der Waals surface area contributed by atoms with Crippen molar-refractivity contribution in [3.63, 3.8) is 0 Å². The fraction of sp³-hybridized carbons (Fsp3) is 0.701. The van der Waals surface area contributed by atoms with Gasteiger partial charge in [-0.15, -0.1) is 0 Å². The molecule has 0 radical (unpaired) electrons. The molecule has 0 aliphatic carbocycles. The van der Waals surface area contributed by atoms with Crippen molar-refractivity contribution in [2.45, 2.75) is 347 Å². The number of halogens is 2. The van der Waals surface area contributed by atoms with Gasteiger partial charge in [0.15, 0.2) is 0 Å². The highest BCUT2D eigenvalue weighted by Crippen LogP contribution is 2.34. The van der Waals surface area contributed by atoms with E-state index in [1.54, 1.807) is 75.9 Å². The van der Waals surface area contributed by atoms with E-state index in [4.69, 9.17) is 82.0 Å². The van der Waals surface area contributed by atoms with Gasteiger partial charge >= 0.3 is 65.8 Å². The highest BCUT2D eigenvalue weighted by Gasteiger charge is 2.39. The molecule has 0 aromatic heterocycles. The zero-order valence-electron chi connectivity index (χ0n) is 96.1. The number of anilines is 1. The maximum Gasteiger partial charge on any atom is 0.373 e. The summed E-state index contributed by atoms with van der Waals surface area (Å²) in [6, 6.07) is 23.3. The molecule has 1 saturated heterocycles. The van der Waals surface area contributed by atoms with E-state index in [1.807, 2.05) is 209 Å². The molecule has 1 fully saturated rings. The van der Waals surface area contributed by atoms with Gasteiger partial charge in [-0.3, -0.25) is 38.4 Å². The van der Waals surface area contributed by atoms with Crippen LogP contribution in [-0.2, 0) is 110 Å². The summed E-state index contributed by atoms with van der Waals surface area (Å²) in [6.45, 7) is 67.6. The van der Waals surface area contributed by atoms with Gasteiger partial charge in [0.25, 0.3) is 0 Å². The van der Waals surface area contributed by atoms with Crippen LogP contribution in [-0.4, -0.2) is 195 Å². The third-order valence-corrected chi connectivity index (χ3v) is 26.2. The van der Waals surface area contributed by atoms with Gasteiger partial charge in [-0.2, -0.15) is 9.59 Å². The topological polar surface area (TPSA) is 393 Å².